The number of ether oxygens (including phenoxy) is 1. The maximum absolute atomic E-state index is 15.1. The first kappa shape index (κ1) is 31.5. The first-order valence-corrected chi connectivity index (χ1v) is 17.7. The van der Waals surface area contributed by atoms with Crippen molar-refractivity contribution in [1.29, 1.82) is 0 Å². The SMILES string of the molecule is CCCCCC1CCC(c2ccc(OCc3ccc(C4CCC(C5CCC(CCC)CC5)CC4)cc3)c(F)c2F)CC1. The van der Waals surface area contributed by atoms with Gasteiger partial charge in [-0.1, -0.05) is 95.5 Å². The number of unbranched alkanes of at least 4 members (excludes halogenated alkanes) is 2. The van der Waals surface area contributed by atoms with Crippen molar-refractivity contribution in [3.63, 3.8) is 0 Å². The molecule has 3 fully saturated rings. The molecule has 0 spiro atoms. The zero-order valence-electron chi connectivity index (χ0n) is 26.5. The van der Waals surface area contributed by atoms with Crippen LogP contribution in [0, 0.1) is 35.3 Å². The molecule has 0 aromatic heterocycles. The van der Waals surface area contributed by atoms with E-state index in [9.17, 15) is 0 Å². The zero-order valence-corrected chi connectivity index (χ0v) is 26.5. The summed E-state index contributed by atoms with van der Waals surface area (Å²) in [6, 6.07) is 12.1. The molecule has 0 atom stereocenters. The molecule has 0 bridgehead atoms. The van der Waals surface area contributed by atoms with Gasteiger partial charge in [0, 0.05) is 0 Å². The van der Waals surface area contributed by atoms with Gasteiger partial charge in [0.15, 0.2) is 11.6 Å². The van der Waals surface area contributed by atoms with Crippen LogP contribution in [0.2, 0.25) is 0 Å². The van der Waals surface area contributed by atoms with E-state index in [0.717, 1.165) is 54.9 Å². The third kappa shape index (κ3) is 8.17. The minimum atomic E-state index is -0.829. The summed E-state index contributed by atoms with van der Waals surface area (Å²) in [5, 5.41) is 0. The highest BCUT2D eigenvalue weighted by molar-refractivity contribution is 5.34. The van der Waals surface area contributed by atoms with Gasteiger partial charge in [0.1, 0.15) is 6.61 Å². The second-order valence-electron chi connectivity index (χ2n) is 14.2. The Balaban J connectivity index is 1.07. The Morgan fingerprint density at radius 2 is 1.19 bits per heavy atom. The van der Waals surface area contributed by atoms with Crippen molar-refractivity contribution in [3.05, 3.63) is 64.7 Å². The number of hydrogen-bond acceptors (Lipinski definition) is 1. The van der Waals surface area contributed by atoms with Crippen LogP contribution in [0.3, 0.4) is 0 Å². The largest absolute Gasteiger partial charge is 0.486 e. The lowest BCUT2D eigenvalue weighted by atomic mass is 9.68. The van der Waals surface area contributed by atoms with E-state index in [-0.39, 0.29) is 18.3 Å². The predicted octanol–water partition coefficient (Wildman–Crippen LogP) is 12.3. The lowest BCUT2D eigenvalue weighted by Crippen LogP contribution is -2.25. The Morgan fingerprint density at radius 1 is 0.595 bits per heavy atom. The molecule has 0 aliphatic heterocycles. The van der Waals surface area contributed by atoms with Crippen molar-refractivity contribution in [2.75, 3.05) is 0 Å². The summed E-state index contributed by atoms with van der Waals surface area (Å²) in [5.74, 6) is 2.91. The van der Waals surface area contributed by atoms with Crippen molar-refractivity contribution in [3.8, 4) is 5.75 Å². The fourth-order valence-electron chi connectivity index (χ4n) is 8.75. The molecule has 0 unspecified atom stereocenters. The Morgan fingerprint density at radius 3 is 1.83 bits per heavy atom. The van der Waals surface area contributed by atoms with Crippen LogP contribution in [-0.4, -0.2) is 0 Å². The minimum absolute atomic E-state index is 0.0237. The molecule has 3 heteroatoms. The van der Waals surface area contributed by atoms with Crippen LogP contribution in [0.15, 0.2) is 36.4 Å². The van der Waals surface area contributed by atoms with Gasteiger partial charge >= 0.3 is 0 Å². The molecule has 0 amide bonds. The van der Waals surface area contributed by atoms with Crippen LogP contribution in [0.4, 0.5) is 8.78 Å². The smallest absolute Gasteiger partial charge is 0.200 e. The van der Waals surface area contributed by atoms with E-state index >= 15 is 8.78 Å². The summed E-state index contributed by atoms with van der Waals surface area (Å²) < 4.78 is 35.9. The quantitative estimate of drug-likeness (QED) is 0.228. The van der Waals surface area contributed by atoms with Gasteiger partial charge in [-0.25, -0.2) is 4.39 Å². The summed E-state index contributed by atoms with van der Waals surface area (Å²) in [7, 11) is 0. The van der Waals surface area contributed by atoms with Crippen LogP contribution < -0.4 is 4.74 Å². The van der Waals surface area contributed by atoms with Gasteiger partial charge in [0.05, 0.1) is 0 Å². The average molecular weight is 579 g/mol. The van der Waals surface area contributed by atoms with Crippen molar-refractivity contribution in [2.45, 2.75) is 148 Å². The van der Waals surface area contributed by atoms with Crippen molar-refractivity contribution in [1.82, 2.24) is 0 Å². The highest BCUT2D eigenvalue weighted by Crippen LogP contribution is 2.45. The summed E-state index contributed by atoms with van der Waals surface area (Å²) in [6.07, 6.45) is 23.3. The third-order valence-corrected chi connectivity index (χ3v) is 11.5. The van der Waals surface area contributed by atoms with Crippen molar-refractivity contribution in [2.24, 2.45) is 23.7 Å². The summed E-state index contributed by atoms with van der Waals surface area (Å²) >= 11 is 0. The minimum Gasteiger partial charge on any atom is -0.486 e. The topological polar surface area (TPSA) is 9.23 Å². The summed E-state index contributed by atoms with van der Waals surface area (Å²) in [4.78, 5) is 0. The van der Waals surface area contributed by atoms with Crippen LogP contribution in [0.1, 0.15) is 158 Å². The molecule has 42 heavy (non-hydrogen) atoms. The Labute approximate surface area is 255 Å². The lowest BCUT2D eigenvalue weighted by Gasteiger charge is -2.38. The van der Waals surface area contributed by atoms with E-state index in [0.29, 0.717) is 11.5 Å². The number of halogens is 2. The number of rotatable bonds is 12. The van der Waals surface area contributed by atoms with E-state index in [1.54, 1.807) is 12.1 Å². The van der Waals surface area contributed by atoms with Gasteiger partial charge in [0.2, 0.25) is 5.82 Å². The van der Waals surface area contributed by atoms with Crippen LogP contribution >= 0.6 is 0 Å². The Kier molecular flexibility index (Phi) is 11.8. The van der Waals surface area contributed by atoms with Gasteiger partial charge in [-0.2, -0.15) is 4.39 Å². The maximum atomic E-state index is 15.1. The van der Waals surface area contributed by atoms with Crippen LogP contribution in [0.5, 0.6) is 5.75 Å². The van der Waals surface area contributed by atoms with Crippen LogP contribution in [0.25, 0.3) is 0 Å². The molecular weight excluding hydrogens is 522 g/mol. The lowest BCUT2D eigenvalue weighted by molar-refractivity contribution is 0.156. The first-order chi connectivity index (χ1) is 20.6. The van der Waals surface area contributed by atoms with Gasteiger partial charge in [-0.3, -0.25) is 0 Å². The molecule has 2 aromatic carbocycles. The third-order valence-electron chi connectivity index (χ3n) is 11.5. The predicted molar refractivity (Wildman–Crippen MR) is 171 cm³/mol. The van der Waals surface area contributed by atoms with Crippen molar-refractivity contribution < 1.29 is 13.5 Å². The molecule has 0 saturated heterocycles. The summed E-state index contributed by atoms with van der Waals surface area (Å²) in [5.41, 5.74) is 2.96. The molecule has 5 rings (SSSR count). The molecule has 0 heterocycles. The van der Waals surface area contributed by atoms with E-state index < -0.39 is 11.6 Å². The molecule has 0 N–H and O–H groups in total. The standard InChI is InChI=1S/C39H56F2O/c1-3-5-6-8-29-11-19-35(20-12-29)36-25-26-37(39(41)38(36)40)42-27-30-13-17-32(18-14-30)34-23-21-33(22-24-34)31-15-9-28(7-4-2)10-16-31/h13-14,17-18,25-26,28-29,31,33-35H,3-12,15-16,19-24,27H2,1-2H3. The summed E-state index contributed by atoms with van der Waals surface area (Å²) in [6.45, 7) is 4.82. The van der Waals surface area contributed by atoms with Crippen LogP contribution in [-0.2, 0) is 6.61 Å². The van der Waals surface area contributed by atoms with E-state index in [4.69, 9.17) is 4.74 Å². The highest BCUT2D eigenvalue weighted by Gasteiger charge is 2.31. The average Bonchev–Trinajstić information content (AvgIpc) is 3.03. The molecule has 0 radical (unpaired) electrons. The Hall–Kier alpha value is -1.90. The maximum Gasteiger partial charge on any atom is 0.200 e. The normalized spacial score (nSPS) is 28.5. The molecule has 3 saturated carbocycles. The zero-order chi connectivity index (χ0) is 29.3. The second kappa shape index (κ2) is 15.7. The second-order valence-corrected chi connectivity index (χ2v) is 14.2. The fourth-order valence-corrected chi connectivity index (χ4v) is 8.75. The van der Waals surface area contributed by atoms with Gasteiger partial charge < -0.3 is 4.74 Å². The molecule has 3 aliphatic carbocycles. The monoisotopic (exact) mass is 578 g/mol. The van der Waals surface area contributed by atoms with E-state index in [1.807, 2.05) is 0 Å². The van der Waals surface area contributed by atoms with E-state index in [1.165, 1.54) is 95.5 Å². The molecule has 2 aromatic rings. The number of benzene rings is 2. The molecule has 3 aliphatic rings. The Bertz CT molecular complexity index is 1070. The van der Waals surface area contributed by atoms with E-state index in [2.05, 4.69) is 38.1 Å². The molecular formula is C39H56F2O. The van der Waals surface area contributed by atoms with Gasteiger partial charge in [-0.05, 0) is 122 Å². The van der Waals surface area contributed by atoms with Gasteiger partial charge in [-0.15, -0.1) is 0 Å². The van der Waals surface area contributed by atoms with Crippen molar-refractivity contribution >= 4 is 0 Å². The number of hydrogen-bond donors (Lipinski definition) is 0. The molecule has 1 nitrogen and oxygen atoms in total. The highest BCUT2D eigenvalue weighted by atomic mass is 19.2. The molecule has 232 valence electrons. The fraction of sp³-hybridized carbons (Fsp3) is 0.692. The first-order valence-electron chi connectivity index (χ1n) is 17.7. The van der Waals surface area contributed by atoms with Gasteiger partial charge in [0.25, 0.3) is 0 Å².